The summed E-state index contributed by atoms with van der Waals surface area (Å²) in [5.74, 6) is 0.306. The van der Waals surface area contributed by atoms with E-state index in [-0.39, 0.29) is 17.2 Å². The molecule has 0 saturated heterocycles. The van der Waals surface area contributed by atoms with Crippen molar-refractivity contribution in [2.75, 3.05) is 26.2 Å². The molecule has 0 heterocycles. The van der Waals surface area contributed by atoms with Crippen LogP contribution in [0.2, 0.25) is 0 Å². The zero-order valence-electron chi connectivity index (χ0n) is 11.9. The Bertz CT molecular complexity index is 286. The minimum atomic E-state index is -0.375. The molecule has 0 aromatic heterocycles. The Morgan fingerprint density at radius 2 is 1.94 bits per heavy atom. The molecular formula is C12H26N4O2. The zero-order chi connectivity index (χ0) is 14.2. The van der Waals surface area contributed by atoms with Crippen molar-refractivity contribution in [3.63, 3.8) is 0 Å². The number of likely N-dealkylation sites (N-methyl/N-ethyl adjacent to an activating group) is 1. The Hall–Kier alpha value is -1.30. The molecule has 1 amide bonds. The van der Waals surface area contributed by atoms with E-state index in [1.807, 2.05) is 27.7 Å². The quantitative estimate of drug-likeness (QED) is 0.195. The summed E-state index contributed by atoms with van der Waals surface area (Å²) < 4.78 is 0. The average molecular weight is 258 g/mol. The Balaban J connectivity index is 3.97. The number of hydrogen-bond donors (Lipinski definition) is 3. The molecule has 0 aliphatic rings. The molecule has 0 bridgehead atoms. The highest BCUT2D eigenvalue weighted by molar-refractivity contribution is 5.85. The summed E-state index contributed by atoms with van der Waals surface area (Å²) >= 11 is 0. The molecule has 0 atom stereocenters. The summed E-state index contributed by atoms with van der Waals surface area (Å²) in [6.07, 6.45) is 0.703. The Morgan fingerprint density at radius 3 is 2.39 bits per heavy atom. The first-order valence-electron chi connectivity index (χ1n) is 6.35. The Morgan fingerprint density at radius 1 is 1.39 bits per heavy atom. The lowest BCUT2D eigenvalue weighted by molar-refractivity contribution is -0.129. The molecule has 0 radical (unpaired) electrons. The second-order valence-corrected chi connectivity index (χ2v) is 4.86. The summed E-state index contributed by atoms with van der Waals surface area (Å²) in [5, 5.41) is 14.7. The Labute approximate surface area is 109 Å². The molecule has 4 N–H and O–H groups in total. The molecule has 0 aliphatic carbocycles. The van der Waals surface area contributed by atoms with Gasteiger partial charge >= 0.3 is 0 Å². The minimum Gasteiger partial charge on any atom is -0.409 e. The summed E-state index contributed by atoms with van der Waals surface area (Å²) in [5.41, 5.74) is 5.21. The van der Waals surface area contributed by atoms with E-state index in [9.17, 15) is 4.79 Å². The predicted molar refractivity (Wildman–Crippen MR) is 72.6 cm³/mol. The fraction of sp³-hybridized carbons (Fsp3) is 0.833. The number of rotatable bonds is 8. The number of nitrogens with one attached hydrogen (secondary N) is 1. The monoisotopic (exact) mass is 258 g/mol. The fourth-order valence-corrected chi connectivity index (χ4v) is 1.55. The van der Waals surface area contributed by atoms with Gasteiger partial charge in [0.2, 0.25) is 5.91 Å². The number of amidine groups is 1. The van der Waals surface area contributed by atoms with Crippen LogP contribution in [0.15, 0.2) is 5.16 Å². The van der Waals surface area contributed by atoms with E-state index < -0.39 is 0 Å². The minimum absolute atomic E-state index is 0.0987. The highest BCUT2D eigenvalue weighted by Crippen LogP contribution is 2.19. The van der Waals surface area contributed by atoms with Gasteiger partial charge in [0.1, 0.15) is 5.84 Å². The van der Waals surface area contributed by atoms with Crippen LogP contribution < -0.4 is 11.1 Å². The average Bonchev–Trinajstić information content (AvgIpc) is 2.35. The van der Waals surface area contributed by atoms with Gasteiger partial charge in [-0.3, -0.25) is 4.79 Å². The van der Waals surface area contributed by atoms with E-state index in [2.05, 4.69) is 10.5 Å². The first-order chi connectivity index (χ1) is 8.38. The van der Waals surface area contributed by atoms with Gasteiger partial charge in [-0.25, -0.2) is 0 Å². The summed E-state index contributed by atoms with van der Waals surface area (Å²) in [4.78, 5) is 13.5. The van der Waals surface area contributed by atoms with Crippen LogP contribution in [-0.4, -0.2) is 48.0 Å². The van der Waals surface area contributed by atoms with Crippen LogP contribution in [0.3, 0.4) is 0 Å². The van der Waals surface area contributed by atoms with Crippen LogP contribution in [0, 0.1) is 5.41 Å². The van der Waals surface area contributed by atoms with Crippen molar-refractivity contribution in [1.82, 2.24) is 10.2 Å². The van der Waals surface area contributed by atoms with Crippen LogP contribution in [0.4, 0.5) is 0 Å². The van der Waals surface area contributed by atoms with E-state index in [1.54, 1.807) is 4.90 Å². The van der Waals surface area contributed by atoms with Gasteiger partial charge in [0.05, 0.1) is 6.54 Å². The molecule has 0 aromatic rings. The lowest BCUT2D eigenvalue weighted by Crippen LogP contribution is -2.40. The third-order valence-electron chi connectivity index (χ3n) is 3.12. The maximum absolute atomic E-state index is 11.7. The SMILES string of the molecule is CCN(CC)C(=O)CNCCC(C)(C)C(N)=NO. The van der Waals surface area contributed by atoms with Crippen LogP contribution in [0.1, 0.15) is 34.1 Å². The number of nitrogens with two attached hydrogens (primary N) is 1. The second kappa shape index (κ2) is 7.92. The van der Waals surface area contributed by atoms with Gasteiger partial charge in [-0.05, 0) is 26.8 Å². The topological polar surface area (TPSA) is 91.0 Å². The molecule has 6 heteroatoms. The lowest BCUT2D eigenvalue weighted by Gasteiger charge is -2.23. The van der Waals surface area contributed by atoms with E-state index in [1.165, 1.54) is 0 Å². The van der Waals surface area contributed by atoms with Gasteiger partial charge in [0.25, 0.3) is 0 Å². The number of oxime groups is 1. The molecule has 0 rings (SSSR count). The molecule has 18 heavy (non-hydrogen) atoms. The standard InChI is InChI=1S/C12H26N4O2/c1-5-16(6-2)10(17)9-14-8-7-12(3,4)11(13)15-18/h14,18H,5-9H2,1-4H3,(H2,13,15). The molecule has 0 saturated carbocycles. The molecule has 0 aliphatic heterocycles. The van der Waals surface area contributed by atoms with E-state index in [4.69, 9.17) is 10.9 Å². The van der Waals surface area contributed by atoms with E-state index in [0.29, 0.717) is 19.5 Å². The second-order valence-electron chi connectivity index (χ2n) is 4.86. The molecule has 0 spiro atoms. The first kappa shape index (κ1) is 16.7. The van der Waals surface area contributed by atoms with Gasteiger partial charge in [0.15, 0.2) is 0 Å². The van der Waals surface area contributed by atoms with Crippen LogP contribution >= 0.6 is 0 Å². The maximum Gasteiger partial charge on any atom is 0.236 e. The third-order valence-corrected chi connectivity index (χ3v) is 3.12. The zero-order valence-corrected chi connectivity index (χ0v) is 11.9. The first-order valence-corrected chi connectivity index (χ1v) is 6.35. The smallest absolute Gasteiger partial charge is 0.236 e. The third kappa shape index (κ3) is 5.35. The van der Waals surface area contributed by atoms with Crippen LogP contribution in [0.25, 0.3) is 0 Å². The normalized spacial score (nSPS) is 12.6. The number of amides is 1. The van der Waals surface area contributed by atoms with Crippen molar-refractivity contribution in [2.24, 2.45) is 16.3 Å². The van der Waals surface area contributed by atoms with Gasteiger partial charge in [-0.2, -0.15) is 0 Å². The molecule has 6 nitrogen and oxygen atoms in total. The Kier molecular flexibility index (Phi) is 7.35. The largest absolute Gasteiger partial charge is 0.409 e. The maximum atomic E-state index is 11.7. The van der Waals surface area contributed by atoms with Gasteiger partial charge in [-0.1, -0.05) is 19.0 Å². The van der Waals surface area contributed by atoms with Gasteiger partial charge < -0.3 is 21.2 Å². The van der Waals surface area contributed by atoms with Crippen molar-refractivity contribution >= 4 is 11.7 Å². The molecule has 0 aromatic carbocycles. The van der Waals surface area contributed by atoms with Crippen molar-refractivity contribution in [1.29, 1.82) is 0 Å². The molecule has 0 unspecified atom stereocenters. The van der Waals surface area contributed by atoms with Gasteiger partial charge in [-0.15, -0.1) is 0 Å². The molecule has 106 valence electrons. The highest BCUT2D eigenvalue weighted by Gasteiger charge is 2.23. The summed E-state index contributed by atoms with van der Waals surface area (Å²) in [7, 11) is 0. The van der Waals surface area contributed by atoms with Crippen LogP contribution in [0.5, 0.6) is 0 Å². The number of hydrogen-bond acceptors (Lipinski definition) is 4. The van der Waals surface area contributed by atoms with E-state index >= 15 is 0 Å². The molecular weight excluding hydrogens is 232 g/mol. The van der Waals surface area contributed by atoms with Crippen molar-refractivity contribution in [2.45, 2.75) is 34.1 Å². The highest BCUT2D eigenvalue weighted by atomic mass is 16.4. The van der Waals surface area contributed by atoms with Crippen molar-refractivity contribution < 1.29 is 10.0 Å². The number of carbonyl (C=O) groups excluding carboxylic acids is 1. The van der Waals surface area contributed by atoms with Crippen LogP contribution in [-0.2, 0) is 4.79 Å². The van der Waals surface area contributed by atoms with Crippen molar-refractivity contribution in [3.8, 4) is 0 Å². The van der Waals surface area contributed by atoms with E-state index in [0.717, 1.165) is 13.1 Å². The number of carbonyl (C=O) groups is 1. The fourth-order valence-electron chi connectivity index (χ4n) is 1.55. The summed E-state index contributed by atoms with van der Waals surface area (Å²) in [6, 6.07) is 0. The predicted octanol–water partition coefficient (Wildman–Crippen LogP) is 0.607. The number of nitrogens with zero attached hydrogens (tertiary/aromatic N) is 2. The van der Waals surface area contributed by atoms with Gasteiger partial charge in [0, 0.05) is 18.5 Å². The lowest BCUT2D eigenvalue weighted by atomic mass is 9.88. The summed E-state index contributed by atoms with van der Waals surface area (Å²) in [6.45, 7) is 10.2. The van der Waals surface area contributed by atoms with Crippen molar-refractivity contribution in [3.05, 3.63) is 0 Å². The molecule has 0 fully saturated rings.